The Morgan fingerprint density at radius 1 is 1.20 bits per heavy atom. The first-order chi connectivity index (χ1) is 7.15. The summed E-state index contributed by atoms with van der Waals surface area (Å²) in [4.78, 5) is 0. The van der Waals surface area contributed by atoms with Crippen molar-refractivity contribution < 1.29 is 10.2 Å². The Labute approximate surface area is 93.7 Å². The van der Waals surface area contributed by atoms with Crippen LogP contribution in [0.15, 0.2) is 0 Å². The largest absolute Gasteiger partial charge is 0.390 e. The molecule has 0 aromatic carbocycles. The van der Waals surface area contributed by atoms with E-state index in [0.717, 1.165) is 25.7 Å². The second kappa shape index (κ2) is 5.86. The van der Waals surface area contributed by atoms with Gasteiger partial charge in [-0.3, -0.25) is 0 Å². The third-order valence-corrected chi connectivity index (χ3v) is 4.02. The fourth-order valence-electron chi connectivity index (χ4n) is 2.92. The minimum Gasteiger partial charge on any atom is -0.390 e. The maximum atomic E-state index is 10.6. The molecule has 0 radical (unpaired) electrons. The van der Waals surface area contributed by atoms with E-state index in [4.69, 9.17) is 0 Å². The molecule has 15 heavy (non-hydrogen) atoms. The van der Waals surface area contributed by atoms with Crippen molar-refractivity contribution in [2.75, 3.05) is 0 Å². The lowest BCUT2D eigenvalue weighted by Crippen LogP contribution is -2.49. The summed E-state index contributed by atoms with van der Waals surface area (Å²) >= 11 is 0. The molecule has 0 unspecified atom stereocenters. The summed E-state index contributed by atoms with van der Waals surface area (Å²) in [5, 5.41) is 20.7. The van der Waals surface area contributed by atoms with Gasteiger partial charge in [0.1, 0.15) is 0 Å². The second-order valence-electron chi connectivity index (χ2n) is 4.98. The maximum absolute atomic E-state index is 10.6. The summed E-state index contributed by atoms with van der Waals surface area (Å²) in [6.07, 6.45) is 7.71. The topological polar surface area (TPSA) is 40.5 Å². The standard InChI is InChI=1S/C13H26O2/c1-3-8-12(14)13(15,4-2)11-9-6-5-7-10-11/h11-12,14-15H,3-10H2,1-2H3/t12-,13+/m0/s1. The Morgan fingerprint density at radius 3 is 2.27 bits per heavy atom. The summed E-state index contributed by atoms with van der Waals surface area (Å²) in [5.41, 5.74) is -0.823. The molecule has 0 heterocycles. The van der Waals surface area contributed by atoms with Gasteiger partial charge in [-0.05, 0) is 31.6 Å². The SMILES string of the molecule is CCC[C@H](O)[C@@](O)(CC)C1CCCCC1. The van der Waals surface area contributed by atoms with Gasteiger partial charge in [0.25, 0.3) is 0 Å². The molecule has 2 atom stereocenters. The first-order valence-electron chi connectivity index (χ1n) is 6.55. The Morgan fingerprint density at radius 2 is 1.80 bits per heavy atom. The average molecular weight is 214 g/mol. The lowest BCUT2D eigenvalue weighted by molar-refractivity contribution is -0.127. The molecule has 1 fully saturated rings. The number of hydrogen-bond acceptors (Lipinski definition) is 2. The lowest BCUT2D eigenvalue weighted by atomic mass is 9.72. The van der Waals surface area contributed by atoms with Crippen LogP contribution in [0.1, 0.15) is 65.2 Å². The molecule has 2 nitrogen and oxygen atoms in total. The van der Waals surface area contributed by atoms with Gasteiger partial charge in [-0.15, -0.1) is 0 Å². The Hall–Kier alpha value is -0.0800. The van der Waals surface area contributed by atoms with E-state index in [-0.39, 0.29) is 0 Å². The summed E-state index contributed by atoms with van der Waals surface area (Å²) in [6, 6.07) is 0. The van der Waals surface area contributed by atoms with E-state index in [0.29, 0.717) is 12.3 Å². The number of aliphatic hydroxyl groups excluding tert-OH is 1. The molecular weight excluding hydrogens is 188 g/mol. The van der Waals surface area contributed by atoms with Gasteiger partial charge in [-0.25, -0.2) is 0 Å². The minimum absolute atomic E-state index is 0.317. The molecule has 1 aliphatic rings. The van der Waals surface area contributed by atoms with E-state index in [1.807, 2.05) is 6.92 Å². The van der Waals surface area contributed by atoms with E-state index >= 15 is 0 Å². The van der Waals surface area contributed by atoms with Crippen LogP contribution < -0.4 is 0 Å². The fourth-order valence-corrected chi connectivity index (χ4v) is 2.92. The van der Waals surface area contributed by atoms with Gasteiger partial charge < -0.3 is 10.2 Å². The molecule has 0 amide bonds. The molecule has 0 saturated heterocycles. The van der Waals surface area contributed by atoms with Crippen molar-refractivity contribution in [2.45, 2.75) is 76.9 Å². The van der Waals surface area contributed by atoms with Crippen LogP contribution in [0.25, 0.3) is 0 Å². The highest BCUT2D eigenvalue weighted by molar-refractivity contribution is 4.92. The third kappa shape index (κ3) is 2.94. The van der Waals surface area contributed by atoms with Crippen LogP contribution >= 0.6 is 0 Å². The zero-order valence-corrected chi connectivity index (χ0v) is 10.2. The van der Waals surface area contributed by atoms with Crippen molar-refractivity contribution in [1.82, 2.24) is 0 Å². The number of aliphatic hydroxyl groups is 2. The van der Waals surface area contributed by atoms with Crippen LogP contribution in [-0.4, -0.2) is 21.9 Å². The minimum atomic E-state index is -0.823. The second-order valence-corrected chi connectivity index (χ2v) is 4.98. The van der Waals surface area contributed by atoms with Crippen LogP contribution in [-0.2, 0) is 0 Å². The first kappa shape index (κ1) is 13.0. The van der Waals surface area contributed by atoms with Crippen LogP contribution in [0.3, 0.4) is 0 Å². The van der Waals surface area contributed by atoms with E-state index in [9.17, 15) is 10.2 Å². The van der Waals surface area contributed by atoms with Gasteiger partial charge in [-0.1, -0.05) is 39.5 Å². The first-order valence-corrected chi connectivity index (χ1v) is 6.55. The highest BCUT2D eigenvalue weighted by Crippen LogP contribution is 2.37. The normalized spacial score (nSPS) is 24.8. The van der Waals surface area contributed by atoms with Crippen LogP contribution in [0.2, 0.25) is 0 Å². The molecule has 2 heteroatoms. The van der Waals surface area contributed by atoms with E-state index in [1.165, 1.54) is 19.3 Å². The van der Waals surface area contributed by atoms with Crippen LogP contribution in [0.5, 0.6) is 0 Å². The summed E-state index contributed by atoms with van der Waals surface area (Å²) < 4.78 is 0. The summed E-state index contributed by atoms with van der Waals surface area (Å²) in [6.45, 7) is 4.05. The van der Waals surface area contributed by atoms with Crippen LogP contribution in [0.4, 0.5) is 0 Å². The Balaban J connectivity index is 2.63. The molecular formula is C13H26O2. The lowest BCUT2D eigenvalue weighted by Gasteiger charge is -2.41. The van der Waals surface area contributed by atoms with E-state index in [2.05, 4.69) is 6.92 Å². The Kier molecular flexibility index (Phi) is 5.07. The zero-order valence-electron chi connectivity index (χ0n) is 10.2. The van der Waals surface area contributed by atoms with E-state index < -0.39 is 11.7 Å². The van der Waals surface area contributed by atoms with Gasteiger partial charge >= 0.3 is 0 Å². The molecule has 0 aromatic heterocycles. The fraction of sp³-hybridized carbons (Fsp3) is 1.00. The number of hydrogen-bond donors (Lipinski definition) is 2. The van der Waals surface area contributed by atoms with Gasteiger partial charge in [0.15, 0.2) is 0 Å². The molecule has 0 spiro atoms. The van der Waals surface area contributed by atoms with E-state index in [1.54, 1.807) is 0 Å². The van der Waals surface area contributed by atoms with Crippen molar-refractivity contribution in [2.24, 2.45) is 5.92 Å². The average Bonchev–Trinajstić information content (AvgIpc) is 2.29. The zero-order chi connectivity index (χ0) is 11.3. The van der Waals surface area contributed by atoms with Gasteiger partial charge in [-0.2, -0.15) is 0 Å². The molecule has 0 bridgehead atoms. The molecule has 2 N–H and O–H groups in total. The predicted octanol–water partition coefficient (Wildman–Crippen LogP) is 2.87. The predicted molar refractivity (Wildman–Crippen MR) is 62.7 cm³/mol. The highest BCUT2D eigenvalue weighted by atomic mass is 16.3. The number of rotatable bonds is 5. The molecule has 1 rings (SSSR count). The van der Waals surface area contributed by atoms with Gasteiger partial charge in [0, 0.05) is 0 Å². The highest BCUT2D eigenvalue weighted by Gasteiger charge is 2.41. The summed E-state index contributed by atoms with van der Waals surface area (Å²) in [7, 11) is 0. The van der Waals surface area contributed by atoms with Gasteiger partial charge in [0.05, 0.1) is 11.7 Å². The smallest absolute Gasteiger partial charge is 0.0930 e. The van der Waals surface area contributed by atoms with Crippen molar-refractivity contribution in [3.05, 3.63) is 0 Å². The maximum Gasteiger partial charge on any atom is 0.0930 e. The molecule has 90 valence electrons. The van der Waals surface area contributed by atoms with Crippen LogP contribution in [0, 0.1) is 5.92 Å². The summed E-state index contributed by atoms with van der Waals surface area (Å²) in [5.74, 6) is 0.317. The quantitative estimate of drug-likeness (QED) is 0.739. The third-order valence-electron chi connectivity index (χ3n) is 4.02. The van der Waals surface area contributed by atoms with Crippen molar-refractivity contribution in [1.29, 1.82) is 0 Å². The monoisotopic (exact) mass is 214 g/mol. The molecule has 0 aliphatic heterocycles. The molecule has 1 saturated carbocycles. The van der Waals surface area contributed by atoms with Gasteiger partial charge in [0.2, 0.25) is 0 Å². The van der Waals surface area contributed by atoms with Crippen molar-refractivity contribution >= 4 is 0 Å². The van der Waals surface area contributed by atoms with Crippen molar-refractivity contribution in [3.8, 4) is 0 Å². The van der Waals surface area contributed by atoms with Crippen molar-refractivity contribution in [3.63, 3.8) is 0 Å². The molecule has 1 aliphatic carbocycles. The Bertz CT molecular complexity index is 175. The molecule has 0 aromatic rings.